The van der Waals surface area contributed by atoms with Crippen molar-refractivity contribution in [2.45, 2.75) is 13.8 Å². The molecule has 3 aromatic carbocycles. The van der Waals surface area contributed by atoms with Gasteiger partial charge in [-0.3, -0.25) is 9.59 Å². The Kier molecular flexibility index (Phi) is 6.17. The average molecular weight is 441 g/mol. The zero-order chi connectivity index (χ0) is 23.4. The number of amides is 2. The predicted octanol–water partition coefficient (Wildman–Crippen LogP) is 4.40. The van der Waals surface area contributed by atoms with Gasteiger partial charge in [-0.2, -0.15) is 0 Å². The van der Waals surface area contributed by atoms with Crippen molar-refractivity contribution in [3.63, 3.8) is 0 Å². The van der Waals surface area contributed by atoms with Crippen molar-refractivity contribution in [2.75, 3.05) is 17.7 Å². The predicted molar refractivity (Wildman–Crippen MR) is 126 cm³/mol. The fourth-order valence-corrected chi connectivity index (χ4v) is 3.34. The normalized spacial score (nSPS) is 10.5. The zero-order valence-electron chi connectivity index (χ0n) is 18.5. The quantitative estimate of drug-likeness (QED) is 0.462. The summed E-state index contributed by atoms with van der Waals surface area (Å²) in [7, 11) is 1.56. The molecule has 8 nitrogen and oxygen atoms in total. The van der Waals surface area contributed by atoms with E-state index in [0.717, 1.165) is 11.3 Å². The fourth-order valence-electron chi connectivity index (χ4n) is 3.34. The molecule has 2 N–H and O–H groups in total. The van der Waals surface area contributed by atoms with E-state index in [9.17, 15) is 9.59 Å². The second-order valence-corrected chi connectivity index (χ2v) is 7.46. The topological polar surface area (TPSA) is 98.1 Å². The summed E-state index contributed by atoms with van der Waals surface area (Å²) >= 11 is 0. The van der Waals surface area contributed by atoms with Crippen LogP contribution in [0.2, 0.25) is 0 Å². The largest absolute Gasteiger partial charge is 0.497 e. The lowest BCUT2D eigenvalue weighted by molar-refractivity contribution is 0.102. The standard InChI is InChI=1S/C25H23N5O3/c1-16-11-13-19(14-12-16)30-17(2)23(28-29-30)25(32)27-22-10-5-4-9-21(22)24(31)26-18-7-6-8-20(15-18)33-3/h4-15H,1-3H3,(H,26,31)(H,27,32). The Morgan fingerprint density at radius 1 is 0.879 bits per heavy atom. The van der Waals surface area contributed by atoms with Crippen LogP contribution in [-0.2, 0) is 0 Å². The Morgan fingerprint density at radius 3 is 2.39 bits per heavy atom. The third kappa shape index (κ3) is 4.74. The van der Waals surface area contributed by atoms with E-state index >= 15 is 0 Å². The number of anilines is 2. The number of ether oxygens (including phenoxy) is 1. The molecular weight excluding hydrogens is 418 g/mol. The molecule has 0 aliphatic rings. The van der Waals surface area contributed by atoms with Gasteiger partial charge < -0.3 is 15.4 Å². The van der Waals surface area contributed by atoms with Crippen LogP contribution >= 0.6 is 0 Å². The molecule has 166 valence electrons. The second-order valence-electron chi connectivity index (χ2n) is 7.46. The van der Waals surface area contributed by atoms with E-state index in [2.05, 4.69) is 20.9 Å². The summed E-state index contributed by atoms with van der Waals surface area (Å²) in [6.07, 6.45) is 0. The van der Waals surface area contributed by atoms with Crippen molar-refractivity contribution < 1.29 is 14.3 Å². The van der Waals surface area contributed by atoms with Gasteiger partial charge in [0.2, 0.25) is 0 Å². The lowest BCUT2D eigenvalue weighted by atomic mass is 10.1. The summed E-state index contributed by atoms with van der Waals surface area (Å²) in [5.41, 5.74) is 3.97. The summed E-state index contributed by atoms with van der Waals surface area (Å²) in [5.74, 6) is -0.187. The first-order valence-corrected chi connectivity index (χ1v) is 10.3. The number of rotatable bonds is 6. The van der Waals surface area contributed by atoms with Crippen molar-refractivity contribution in [1.82, 2.24) is 15.0 Å². The third-order valence-electron chi connectivity index (χ3n) is 5.14. The number of carbonyl (C=O) groups is 2. The highest BCUT2D eigenvalue weighted by atomic mass is 16.5. The van der Waals surface area contributed by atoms with Gasteiger partial charge in [0.25, 0.3) is 11.8 Å². The van der Waals surface area contributed by atoms with Gasteiger partial charge in [0.1, 0.15) is 5.75 Å². The van der Waals surface area contributed by atoms with Crippen LogP contribution in [0.3, 0.4) is 0 Å². The summed E-state index contributed by atoms with van der Waals surface area (Å²) in [6.45, 7) is 3.77. The monoisotopic (exact) mass is 441 g/mol. The lowest BCUT2D eigenvalue weighted by Gasteiger charge is -2.12. The molecule has 0 aliphatic heterocycles. The maximum atomic E-state index is 13.0. The molecule has 2 amide bonds. The van der Waals surface area contributed by atoms with Gasteiger partial charge in [-0.1, -0.05) is 41.1 Å². The van der Waals surface area contributed by atoms with Crippen molar-refractivity contribution >= 4 is 23.2 Å². The highest BCUT2D eigenvalue weighted by Gasteiger charge is 2.20. The summed E-state index contributed by atoms with van der Waals surface area (Å²) < 4.78 is 6.80. The van der Waals surface area contributed by atoms with Crippen molar-refractivity contribution in [1.29, 1.82) is 0 Å². The van der Waals surface area contributed by atoms with E-state index in [1.54, 1.807) is 67.2 Å². The van der Waals surface area contributed by atoms with Gasteiger partial charge in [0, 0.05) is 11.8 Å². The number of para-hydroxylation sites is 1. The Bertz CT molecular complexity index is 1310. The molecule has 4 rings (SSSR count). The molecule has 0 unspecified atom stereocenters. The highest BCUT2D eigenvalue weighted by Crippen LogP contribution is 2.21. The molecule has 0 atom stereocenters. The number of aryl methyl sites for hydroxylation is 1. The van der Waals surface area contributed by atoms with E-state index in [1.165, 1.54) is 0 Å². The van der Waals surface area contributed by atoms with Crippen LogP contribution in [0, 0.1) is 13.8 Å². The number of hydrogen-bond donors (Lipinski definition) is 2. The number of nitrogens with one attached hydrogen (secondary N) is 2. The van der Waals surface area contributed by atoms with E-state index in [-0.39, 0.29) is 11.6 Å². The number of methoxy groups -OCH3 is 1. The van der Waals surface area contributed by atoms with Gasteiger partial charge in [0.15, 0.2) is 5.69 Å². The maximum absolute atomic E-state index is 13.0. The molecule has 0 fully saturated rings. The van der Waals surface area contributed by atoms with Crippen LogP contribution < -0.4 is 15.4 Å². The SMILES string of the molecule is COc1cccc(NC(=O)c2ccccc2NC(=O)c2nnn(-c3ccc(C)cc3)c2C)c1. The summed E-state index contributed by atoms with van der Waals surface area (Å²) in [5, 5.41) is 13.8. The van der Waals surface area contributed by atoms with Crippen LogP contribution in [0.15, 0.2) is 72.8 Å². The van der Waals surface area contributed by atoms with Gasteiger partial charge in [-0.05, 0) is 50.2 Å². The van der Waals surface area contributed by atoms with Gasteiger partial charge in [-0.25, -0.2) is 4.68 Å². The van der Waals surface area contributed by atoms with E-state index in [1.807, 2.05) is 31.2 Å². The van der Waals surface area contributed by atoms with E-state index in [0.29, 0.717) is 28.4 Å². The molecule has 1 aromatic heterocycles. The molecular formula is C25H23N5O3. The van der Waals surface area contributed by atoms with Crippen molar-refractivity contribution in [3.05, 3.63) is 95.3 Å². The van der Waals surface area contributed by atoms with Gasteiger partial charge >= 0.3 is 0 Å². The minimum Gasteiger partial charge on any atom is -0.497 e. The Morgan fingerprint density at radius 2 is 1.64 bits per heavy atom. The minimum atomic E-state index is -0.451. The van der Waals surface area contributed by atoms with E-state index < -0.39 is 5.91 Å². The average Bonchev–Trinajstić information content (AvgIpc) is 3.21. The molecule has 0 saturated carbocycles. The Balaban J connectivity index is 1.55. The third-order valence-corrected chi connectivity index (χ3v) is 5.14. The first-order valence-electron chi connectivity index (χ1n) is 10.3. The van der Waals surface area contributed by atoms with Crippen LogP contribution in [-0.4, -0.2) is 33.9 Å². The van der Waals surface area contributed by atoms with Crippen LogP contribution in [0.1, 0.15) is 32.1 Å². The van der Waals surface area contributed by atoms with Gasteiger partial charge in [0.05, 0.1) is 29.7 Å². The van der Waals surface area contributed by atoms with Crippen molar-refractivity contribution in [2.24, 2.45) is 0 Å². The van der Waals surface area contributed by atoms with E-state index in [4.69, 9.17) is 4.74 Å². The molecule has 0 saturated heterocycles. The summed E-state index contributed by atoms with van der Waals surface area (Å²) in [4.78, 5) is 25.9. The molecule has 0 spiro atoms. The molecule has 8 heteroatoms. The first kappa shape index (κ1) is 21.8. The molecule has 1 heterocycles. The lowest BCUT2D eigenvalue weighted by Crippen LogP contribution is -2.19. The Labute approximate surface area is 191 Å². The van der Waals surface area contributed by atoms with Crippen LogP contribution in [0.5, 0.6) is 5.75 Å². The number of aromatic nitrogens is 3. The molecule has 33 heavy (non-hydrogen) atoms. The molecule has 0 aliphatic carbocycles. The maximum Gasteiger partial charge on any atom is 0.278 e. The number of nitrogens with zero attached hydrogens (tertiary/aromatic N) is 3. The Hall–Kier alpha value is -4.46. The van der Waals surface area contributed by atoms with Gasteiger partial charge in [-0.15, -0.1) is 5.10 Å². The second kappa shape index (κ2) is 9.35. The number of hydrogen-bond acceptors (Lipinski definition) is 5. The molecule has 0 bridgehead atoms. The molecule has 0 radical (unpaired) electrons. The first-order chi connectivity index (χ1) is 16.0. The van der Waals surface area contributed by atoms with Crippen LogP contribution in [0.25, 0.3) is 5.69 Å². The number of benzene rings is 3. The highest BCUT2D eigenvalue weighted by molar-refractivity contribution is 6.12. The summed E-state index contributed by atoms with van der Waals surface area (Å²) in [6, 6.07) is 21.6. The zero-order valence-corrected chi connectivity index (χ0v) is 18.5. The number of carbonyl (C=O) groups excluding carboxylic acids is 2. The fraction of sp³-hybridized carbons (Fsp3) is 0.120. The smallest absolute Gasteiger partial charge is 0.278 e. The molecule has 4 aromatic rings. The van der Waals surface area contributed by atoms with Crippen LogP contribution in [0.4, 0.5) is 11.4 Å². The minimum absolute atomic E-state index is 0.179. The van der Waals surface area contributed by atoms with Crippen molar-refractivity contribution in [3.8, 4) is 11.4 Å².